The summed E-state index contributed by atoms with van der Waals surface area (Å²) in [6.07, 6.45) is 0.206. The Morgan fingerprint density at radius 1 is 1.40 bits per heavy atom. The van der Waals surface area contributed by atoms with Crippen LogP contribution in [0, 0.1) is 0 Å². The van der Waals surface area contributed by atoms with Crippen molar-refractivity contribution in [1.82, 2.24) is 9.47 Å². The number of hydrogen-bond acceptors (Lipinski definition) is 4. The Labute approximate surface area is 116 Å². The van der Waals surface area contributed by atoms with Crippen LogP contribution in [0.1, 0.15) is 13.3 Å². The normalized spacial score (nSPS) is 10.9. The molecule has 1 N–H and O–H groups in total. The zero-order valence-corrected chi connectivity index (χ0v) is 11.4. The number of carbonyl (C=O) groups excluding carboxylic acids is 1. The summed E-state index contributed by atoms with van der Waals surface area (Å²) in [7, 11) is 0. The highest BCUT2D eigenvalue weighted by Crippen LogP contribution is 2.12. The van der Waals surface area contributed by atoms with E-state index in [-0.39, 0.29) is 25.5 Å². The average molecular weight is 278 g/mol. The highest BCUT2D eigenvalue weighted by atomic mass is 16.4. The fourth-order valence-electron chi connectivity index (χ4n) is 2.17. The first-order valence-electron chi connectivity index (χ1n) is 6.64. The maximum absolute atomic E-state index is 12.0. The van der Waals surface area contributed by atoms with Gasteiger partial charge in [-0.1, -0.05) is 12.1 Å². The lowest BCUT2D eigenvalue weighted by Gasteiger charge is -2.19. The summed E-state index contributed by atoms with van der Waals surface area (Å²) in [6, 6.07) is 7.12. The van der Waals surface area contributed by atoms with Crippen LogP contribution in [-0.2, 0) is 11.3 Å². The summed E-state index contributed by atoms with van der Waals surface area (Å²) >= 11 is 0. The Hall–Kier alpha value is -2.08. The van der Waals surface area contributed by atoms with Gasteiger partial charge in [0, 0.05) is 26.1 Å². The summed E-state index contributed by atoms with van der Waals surface area (Å²) in [4.78, 5) is 25.3. The van der Waals surface area contributed by atoms with E-state index in [4.69, 9.17) is 9.52 Å². The quantitative estimate of drug-likeness (QED) is 0.849. The third-order valence-electron chi connectivity index (χ3n) is 3.23. The molecule has 0 fully saturated rings. The maximum Gasteiger partial charge on any atom is 0.419 e. The van der Waals surface area contributed by atoms with Crippen LogP contribution in [-0.4, -0.2) is 40.2 Å². The van der Waals surface area contributed by atoms with E-state index >= 15 is 0 Å². The van der Waals surface area contributed by atoms with Crippen LogP contribution in [0.3, 0.4) is 0 Å². The first-order chi connectivity index (χ1) is 9.67. The van der Waals surface area contributed by atoms with E-state index in [1.54, 1.807) is 23.1 Å². The second-order valence-electron chi connectivity index (χ2n) is 4.43. The molecule has 108 valence electrons. The second kappa shape index (κ2) is 6.38. The van der Waals surface area contributed by atoms with Gasteiger partial charge in [0.1, 0.15) is 0 Å². The molecule has 6 heteroatoms. The molecular formula is C14H18N2O4. The molecule has 1 heterocycles. The predicted molar refractivity (Wildman–Crippen MR) is 74.4 cm³/mol. The van der Waals surface area contributed by atoms with Crippen molar-refractivity contribution in [2.45, 2.75) is 19.9 Å². The minimum Gasteiger partial charge on any atom is -0.408 e. The molecule has 0 saturated heterocycles. The molecule has 20 heavy (non-hydrogen) atoms. The Bertz CT molecular complexity index is 644. The molecule has 2 aromatic rings. The van der Waals surface area contributed by atoms with Crippen molar-refractivity contribution >= 4 is 17.0 Å². The number of oxazole rings is 1. The summed E-state index contributed by atoms with van der Waals surface area (Å²) in [6.45, 7) is 2.93. The molecule has 1 amide bonds. The molecule has 0 saturated carbocycles. The lowest BCUT2D eigenvalue weighted by atomic mass is 10.3. The third kappa shape index (κ3) is 2.91. The number of fused-ring (bicyclic) bond motifs is 1. The smallest absolute Gasteiger partial charge is 0.408 e. The number of nitrogens with zero attached hydrogens (tertiary/aromatic N) is 2. The summed E-state index contributed by atoms with van der Waals surface area (Å²) in [5.74, 6) is -0.539. The zero-order chi connectivity index (χ0) is 14.5. The molecule has 0 bridgehead atoms. The fourth-order valence-corrected chi connectivity index (χ4v) is 2.17. The van der Waals surface area contributed by atoms with Crippen molar-refractivity contribution in [3.05, 3.63) is 34.8 Å². The molecule has 0 radical (unpaired) electrons. The molecule has 0 atom stereocenters. The standard InChI is InChI=1S/C14H18N2O4/c1-2-15(9-10-17)13(18)7-8-16-11-5-3-4-6-12(11)20-14(16)19/h3-6,17H,2,7-10H2,1H3. The molecule has 2 rings (SSSR count). The van der Waals surface area contributed by atoms with E-state index in [0.717, 1.165) is 0 Å². The molecule has 0 unspecified atom stereocenters. The Morgan fingerprint density at radius 3 is 2.85 bits per heavy atom. The molecular weight excluding hydrogens is 260 g/mol. The van der Waals surface area contributed by atoms with Gasteiger partial charge in [-0.2, -0.15) is 0 Å². The first-order valence-corrected chi connectivity index (χ1v) is 6.64. The number of para-hydroxylation sites is 2. The van der Waals surface area contributed by atoms with E-state index < -0.39 is 5.76 Å². The van der Waals surface area contributed by atoms with Crippen molar-refractivity contribution in [1.29, 1.82) is 0 Å². The molecule has 0 aliphatic heterocycles. The van der Waals surface area contributed by atoms with Crippen molar-refractivity contribution in [2.24, 2.45) is 0 Å². The largest absolute Gasteiger partial charge is 0.419 e. The van der Waals surface area contributed by atoms with E-state index in [1.165, 1.54) is 4.57 Å². The minimum atomic E-state index is -0.454. The van der Waals surface area contributed by atoms with Gasteiger partial charge in [-0.15, -0.1) is 0 Å². The molecule has 0 aliphatic rings. The monoisotopic (exact) mass is 278 g/mol. The summed E-state index contributed by atoms with van der Waals surface area (Å²) < 4.78 is 6.57. The van der Waals surface area contributed by atoms with E-state index in [0.29, 0.717) is 24.2 Å². The number of rotatable bonds is 6. The van der Waals surface area contributed by atoms with Gasteiger partial charge < -0.3 is 14.4 Å². The van der Waals surface area contributed by atoms with Gasteiger partial charge in [-0.05, 0) is 19.1 Å². The van der Waals surface area contributed by atoms with Crippen molar-refractivity contribution < 1.29 is 14.3 Å². The van der Waals surface area contributed by atoms with E-state index in [2.05, 4.69) is 0 Å². The number of amides is 1. The van der Waals surface area contributed by atoms with Crippen molar-refractivity contribution in [3.63, 3.8) is 0 Å². The third-order valence-corrected chi connectivity index (χ3v) is 3.23. The van der Waals surface area contributed by atoms with Gasteiger partial charge in [0.05, 0.1) is 12.1 Å². The first kappa shape index (κ1) is 14.3. The van der Waals surface area contributed by atoms with E-state index in [1.807, 2.05) is 13.0 Å². The van der Waals surface area contributed by atoms with Crippen molar-refractivity contribution in [3.8, 4) is 0 Å². The predicted octanol–water partition coefficient (Wildman–Crippen LogP) is 0.825. The lowest BCUT2D eigenvalue weighted by Crippen LogP contribution is -2.34. The Balaban J connectivity index is 2.11. The molecule has 1 aromatic carbocycles. The molecule has 1 aromatic heterocycles. The number of aryl methyl sites for hydroxylation is 1. The van der Waals surface area contributed by atoms with E-state index in [9.17, 15) is 9.59 Å². The average Bonchev–Trinajstić information content (AvgIpc) is 2.77. The summed E-state index contributed by atoms with van der Waals surface area (Å²) in [5.41, 5.74) is 1.21. The van der Waals surface area contributed by atoms with Crippen LogP contribution in [0.15, 0.2) is 33.5 Å². The van der Waals surface area contributed by atoms with Crippen LogP contribution in [0.2, 0.25) is 0 Å². The van der Waals surface area contributed by atoms with Crippen LogP contribution < -0.4 is 5.76 Å². The van der Waals surface area contributed by atoms with Crippen LogP contribution in [0.25, 0.3) is 11.1 Å². The van der Waals surface area contributed by atoms with Crippen LogP contribution in [0.5, 0.6) is 0 Å². The lowest BCUT2D eigenvalue weighted by molar-refractivity contribution is -0.131. The van der Waals surface area contributed by atoms with Crippen LogP contribution in [0.4, 0.5) is 0 Å². The number of aliphatic hydroxyl groups excluding tert-OH is 1. The fraction of sp³-hybridized carbons (Fsp3) is 0.429. The number of benzene rings is 1. The topological polar surface area (TPSA) is 75.7 Å². The Morgan fingerprint density at radius 2 is 2.15 bits per heavy atom. The zero-order valence-electron chi connectivity index (χ0n) is 11.4. The SMILES string of the molecule is CCN(CCO)C(=O)CCn1c(=O)oc2ccccc21. The molecule has 0 spiro atoms. The highest BCUT2D eigenvalue weighted by molar-refractivity contribution is 5.77. The minimum absolute atomic E-state index is 0.0613. The number of likely N-dealkylation sites (N-methyl/N-ethyl adjacent to an activating group) is 1. The number of aromatic nitrogens is 1. The Kier molecular flexibility index (Phi) is 4.57. The summed E-state index contributed by atoms with van der Waals surface area (Å²) in [5, 5.41) is 8.89. The number of aliphatic hydroxyl groups is 1. The van der Waals surface area contributed by atoms with Gasteiger partial charge in [-0.3, -0.25) is 9.36 Å². The highest BCUT2D eigenvalue weighted by Gasteiger charge is 2.14. The van der Waals surface area contributed by atoms with Crippen LogP contribution >= 0.6 is 0 Å². The van der Waals surface area contributed by atoms with Crippen molar-refractivity contribution in [2.75, 3.05) is 19.7 Å². The maximum atomic E-state index is 12.0. The van der Waals surface area contributed by atoms with Gasteiger partial charge in [0.2, 0.25) is 5.91 Å². The number of hydrogen-bond donors (Lipinski definition) is 1. The van der Waals surface area contributed by atoms with Gasteiger partial charge >= 0.3 is 5.76 Å². The number of carbonyl (C=O) groups is 1. The molecule has 6 nitrogen and oxygen atoms in total. The second-order valence-corrected chi connectivity index (χ2v) is 4.43. The van der Waals surface area contributed by atoms with Gasteiger partial charge in [0.15, 0.2) is 5.58 Å². The molecule has 0 aliphatic carbocycles. The van der Waals surface area contributed by atoms with Gasteiger partial charge in [0.25, 0.3) is 0 Å². The van der Waals surface area contributed by atoms with Gasteiger partial charge in [-0.25, -0.2) is 4.79 Å².